The first-order chi connectivity index (χ1) is 8.29. The van der Waals surface area contributed by atoms with Crippen LogP contribution in [-0.2, 0) is 9.59 Å². The van der Waals surface area contributed by atoms with E-state index >= 15 is 0 Å². The minimum absolute atomic E-state index is 0.0462. The number of aliphatic hydroxyl groups excluding tert-OH is 1. The van der Waals surface area contributed by atoms with E-state index in [1.54, 1.807) is 13.8 Å². The molecule has 0 amide bonds. The van der Waals surface area contributed by atoms with Crippen LogP contribution in [0.3, 0.4) is 0 Å². The van der Waals surface area contributed by atoms with Gasteiger partial charge in [0.2, 0.25) is 0 Å². The van der Waals surface area contributed by atoms with Gasteiger partial charge in [-0.1, -0.05) is 13.8 Å². The van der Waals surface area contributed by atoms with Gasteiger partial charge in [0, 0.05) is 0 Å². The Labute approximate surface area is 104 Å². The SMILES string of the molecule is CCC1=C(C(=O)O)C(O)=CC(C(=O)O)C1(O)CC. The monoisotopic (exact) mass is 256 g/mol. The summed E-state index contributed by atoms with van der Waals surface area (Å²) < 4.78 is 0. The van der Waals surface area contributed by atoms with Crippen LogP contribution in [0.2, 0.25) is 0 Å². The molecule has 2 atom stereocenters. The van der Waals surface area contributed by atoms with Crippen molar-refractivity contribution in [3.8, 4) is 0 Å². The van der Waals surface area contributed by atoms with Gasteiger partial charge in [-0.25, -0.2) is 4.79 Å². The van der Waals surface area contributed by atoms with Gasteiger partial charge in [0.15, 0.2) is 0 Å². The van der Waals surface area contributed by atoms with Crippen molar-refractivity contribution in [2.24, 2.45) is 5.92 Å². The molecule has 0 radical (unpaired) electrons. The minimum Gasteiger partial charge on any atom is -0.507 e. The molecule has 1 aliphatic rings. The second-order valence-electron chi connectivity index (χ2n) is 4.16. The van der Waals surface area contributed by atoms with Gasteiger partial charge >= 0.3 is 11.9 Å². The zero-order valence-corrected chi connectivity index (χ0v) is 10.2. The zero-order valence-electron chi connectivity index (χ0n) is 10.2. The van der Waals surface area contributed by atoms with Crippen LogP contribution in [-0.4, -0.2) is 38.0 Å². The van der Waals surface area contributed by atoms with Gasteiger partial charge in [-0.2, -0.15) is 0 Å². The molecule has 0 bridgehead atoms. The molecule has 0 heterocycles. The molecular formula is C12H16O6. The van der Waals surface area contributed by atoms with Crippen LogP contribution in [0.1, 0.15) is 26.7 Å². The van der Waals surface area contributed by atoms with Crippen LogP contribution in [0, 0.1) is 5.92 Å². The first-order valence-electron chi connectivity index (χ1n) is 5.62. The lowest BCUT2D eigenvalue weighted by atomic mass is 9.72. The van der Waals surface area contributed by atoms with Crippen molar-refractivity contribution in [3.63, 3.8) is 0 Å². The van der Waals surface area contributed by atoms with Crippen molar-refractivity contribution in [1.82, 2.24) is 0 Å². The summed E-state index contributed by atoms with van der Waals surface area (Å²) in [6.07, 6.45) is 1.08. The van der Waals surface area contributed by atoms with Crippen molar-refractivity contribution in [2.45, 2.75) is 32.3 Å². The molecule has 2 unspecified atom stereocenters. The van der Waals surface area contributed by atoms with Gasteiger partial charge < -0.3 is 20.4 Å². The highest BCUT2D eigenvalue weighted by Gasteiger charge is 2.47. The van der Waals surface area contributed by atoms with Gasteiger partial charge in [0.25, 0.3) is 0 Å². The smallest absolute Gasteiger partial charge is 0.339 e. The molecule has 1 rings (SSSR count). The Bertz CT molecular complexity index is 447. The summed E-state index contributed by atoms with van der Waals surface area (Å²) in [5, 5.41) is 38.2. The average Bonchev–Trinajstić information content (AvgIpc) is 2.30. The molecule has 0 spiro atoms. The van der Waals surface area contributed by atoms with Crippen molar-refractivity contribution in [1.29, 1.82) is 0 Å². The highest BCUT2D eigenvalue weighted by atomic mass is 16.4. The van der Waals surface area contributed by atoms with Crippen LogP contribution in [0.15, 0.2) is 23.0 Å². The molecule has 0 aromatic rings. The van der Waals surface area contributed by atoms with Crippen molar-refractivity contribution in [3.05, 3.63) is 23.0 Å². The molecule has 4 N–H and O–H groups in total. The number of carbonyl (C=O) groups is 2. The van der Waals surface area contributed by atoms with Gasteiger partial charge in [0.1, 0.15) is 22.9 Å². The Kier molecular flexibility index (Phi) is 3.81. The zero-order chi connectivity index (χ0) is 14.1. The van der Waals surface area contributed by atoms with Crippen molar-refractivity contribution < 1.29 is 30.0 Å². The number of hydrogen-bond acceptors (Lipinski definition) is 4. The lowest BCUT2D eigenvalue weighted by Crippen LogP contribution is -2.46. The molecule has 0 fully saturated rings. The molecule has 0 saturated heterocycles. The third-order valence-electron chi connectivity index (χ3n) is 3.29. The molecule has 18 heavy (non-hydrogen) atoms. The van der Waals surface area contributed by atoms with E-state index in [0.29, 0.717) is 0 Å². The average molecular weight is 256 g/mol. The maximum absolute atomic E-state index is 11.1. The van der Waals surface area contributed by atoms with E-state index in [1.165, 1.54) is 0 Å². The van der Waals surface area contributed by atoms with Crippen LogP contribution >= 0.6 is 0 Å². The number of carboxylic acid groups (broad SMARTS) is 2. The fourth-order valence-electron chi connectivity index (χ4n) is 2.37. The lowest BCUT2D eigenvalue weighted by Gasteiger charge is -2.37. The van der Waals surface area contributed by atoms with E-state index in [4.69, 9.17) is 10.2 Å². The number of aliphatic hydroxyl groups is 2. The van der Waals surface area contributed by atoms with Crippen LogP contribution in [0.4, 0.5) is 0 Å². The summed E-state index contributed by atoms with van der Waals surface area (Å²) in [5.41, 5.74) is -2.13. The Hall–Kier alpha value is -1.82. The lowest BCUT2D eigenvalue weighted by molar-refractivity contribution is -0.148. The highest BCUT2D eigenvalue weighted by molar-refractivity contribution is 5.94. The maximum atomic E-state index is 11.1. The Morgan fingerprint density at radius 1 is 1.33 bits per heavy atom. The normalized spacial score (nSPS) is 27.9. The molecule has 0 aromatic carbocycles. The second kappa shape index (κ2) is 4.81. The molecule has 0 aliphatic heterocycles. The summed E-state index contributed by atoms with van der Waals surface area (Å²) in [5.74, 6) is -4.64. The van der Waals surface area contributed by atoms with E-state index in [9.17, 15) is 19.8 Å². The highest BCUT2D eigenvalue weighted by Crippen LogP contribution is 2.40. The Balaban J connectivity index is 3.52. The van der Waals surface area contributed by atoms with E-state index in [2.05, 4.69) is 0 Å². The number of rotatable bonds is 4. The summed E-state index contributed by atoms with van der Waals surface area (Å²) in [6.45, 7) is 3.18. The van der Waals surface area contributed by atoms with Gasteiger partial charge in [0.05, 0.1) is 0 Å². The number of aliphatic carboxylic acids is 2. The third-order valence-corrected chi connectivity index (χ3v) is 3.29. The Morgan fingerprint density at radius 2 is 1.89 bits per heavy atom. The van der Waals surface area contributed by atoms with Crippen LogP contribution < -0.4 is 0 Å². The predicted molar refractivity (Wildman–Crippen MR) is 62.0 cm³/mol. The first kappa shape index (κ1) is 14.2. The Morgan fingerprint density at radius 3 is 2.22 bits per heavy atom. The predicted octanol–water partition coefficient (Wildman–Crippen LogP) is 1.07. The molecular weight excluding hydrogens is 240 g/mol. The fourth-order valence-corrected chi connectivity index (χ4v) is 2.37. The summed E-state index contributed by atoms with van der Waals surface area (Å²) in [7, 11) is 0. The van der Waals surface area contributed by atoms with Gasteiger partial charge in [-0.05, 0) is 24.5 Å². The molecule has 6 nitrogen and oxygen atoms in total. The summed E-state index contributed by atoms with van der Waals surface area (Å²) in [4.78, 5) is 22.2. The van der Waals surface area contributed by atoms with Crippen LogP contribution in [0.5, 0.6) is 0 Å². The maximum Gasteiger partial charge on any atom is 0.339 e. The van der Waals surface area contributed by atoms with Gasteiger partial charge in [-0.3, -0.25) is 4.79 Å². The van der Waals surface area contributed by atoms with E-state index < -0.39 is 34.8 Å². The second-order valence-corrected chi connectivity index (χ2v) is 4.16. The van der Waals surface area contributed by atoms with Gasteiger partial charge in [-0.15, -0.1) is 0 Å². The largest absolute Gasteiger partial charge is 0.507 e. The van der Waals surface area contributed by atoms with E-state index in [-0.39, 0.29) is 18.4 Å². The number of carboxylic acids is 2. The summed E-state index contributed by atoms with van der Waals surface area (Å²) in [6, 6.07) is 0. The van der Waals surface area contributed by atoms with E-state index in [1.807, 2.05) is 0 Å². The van der Waals surface area contributed by atoms with Crippen LogP contribution in [0.25, 0.3) is 0 Å². The van der Waals surface area contributed by atoms with Crippen molar-refractivity contribution in [2.75, 3.05) is 0 Å². The third kappa shape index (κ3) is 1.99. The topological polar surface area (TPSA) is 115 Å². The van der Waals surface area contributed by atoms with Crippen molar-refractivity contribution >= 4 is 11.9 Å². The first-order valence-corrected chi connectivity index (χ1v) is 5.62. The standard InChI is InChI=1S/C12H16O6/c1-3-6-9(11(16)17)8(13)5-7(10(14)15)12(6,18)4-2/h5,7,13,18H,3-4H2,1-2H3,(H,14,15)(H,16,17). The fraction of sp³-hybridized carbons (Fsp3) is 0.500. The molecule has 0 aromatic heterocycles. The molecule has 100 valence electrons. The molecule has 1 aliphatic carbocycles. The minimum atomic E-state index is -1.78. The summed E-state index contributed by atoms with van der Waals surface area (Å²) >= 11 is 0. The molecule has 6 heteroatoms. The quantitative estimate of drug-likeness (QED) is 0.598. The molecule has 0 saturated carbocycles. The van der Waals surface area contributed by atoms with E-state index in [0.717, 1.165) is 6.08 Å². The number of hydrogen-bond donors (Lipinski definition) is 4.